The van der Waals surface area contributed by atoms with Gasteiger partial charge in [0, 0.05) is 19.2 Å². The molecule has 0 radical (unpaired) electrons. The summed E-state index contributed by atoms with van der Waals surface area (Å²) in [7, 11) is 0. The van der Waals surface area contributed by atoms with Gasteiger partial charge < -0.3 is 9.84 Å². The first-order chi connectivity index (χ1) is 8.00. The number of ether oxygens (including phenoxy) is 1. The van der Waals surface area contributed by atoms with Crippen molar-refractivity contribution in [2.24, 2.45) is 0 Å². The fourth-order valence-corrected chi connectivity index (χ4v) is 2.50. The van der Waals surface area contributed by atoms with Crippen LogP contribution in [0, 0.1) is 0 Å². The van der Waals surface area contributed by atoms with E-state index >= 15 is 0 Å². The average Bonchev–Trinajstić information content (AvgIpc) is 2.30. The lowest BCUT2D eigenvalue weighted by molar-refractivity contribution is -0.138. The largest absolute Gasteiger partial charge is 0.481 e. The van der Waals surface area contributed by atoms with E-state index in [-0.39, 0.29) is 12.0 Å². The van der Waals surface area contributed by atoms with Gasteiger partial charge in [0.05, 0.1) is 12.0 Å². The first-order valence-corrected chi connectivity index (χ1v) is 6.60. The third-order valence-electron chi connectivity index (χ3n) is 3.85. The molecule has 0 spiro atoms. The molecule has 0 aliphatic carbocycles. The molecule has 0 saturated carbocycles. The summed E-state index contributed by atoms with van der Waals surface area (Å²) in [4.78, 5) is 12.9. The normalized spacial score (nSPS) is 29.5. The van der Waals surface area contributed by atoms with Crippen molar-refractivity contribution < 1.29 is 14.6 Å². The Labute approximate surface area is 104 Å². The van der Waals surface area contributed by atoms with Crippen LogP contribution in [0.3, 0.4) is 0 Å². The number of rotatable bonds is 6. The standard InChI is InChI=1S/C13H25NO3/c1-4-13(3)10-11(7-9-17-13)14(5-2)8-6-12(15)16/h11H,4-10H2,1-3H3,(H,15,16). The topological polar surface area (TPSA) is 49.8 Å². The Bertz CT molecular complexity index is 257. The van der Waals surface area contributed by atoms with E-state index in [1.807, 2.05) is 0 Å². The molecule has 17 heavy (non-hydrogen) atoms. The molecule has 1 aliphatic heterocycles. The fourth-order valence-electron chi connectivity index (χ4n) is 2.50. The number of carboxylic acid groups (broad SMARTS) is 1. The van der Waals surface area contributed by atoms with Crippen molar-refractivity contribution in [1.82, 2.24) is 4.90 Å². The Morgan fingerprint density at radius 2 is 2.24 bits per heavy atom. The molecule has 4 nitrogen and oxygen atoms in total. The van der Waals surface area contributed by atoms with Crippen molar-refractivity contribution in [1.29, 1.82) is 0 Å². The Kier molecular flexibility index (Phi) is 5.40. The SMILES string of the molecule is CCN(CCC(=O)O)C1CCOC(C)(CC)C1. The summed E-state index contributed by atoms with van der Waals surface area (Å²) in [6.07, 6.45) is 3.27. The van der Waals surface area contributed by atoms with Gasteiger partial charge in [-0.1, -0.05) is 13.8 Å². The molecule has 1 saturated heterocycles. The summed E-state index contributed by atoms with van der Waals surface area (Å²) in [6.45, 7) is 8.76. The van der Waals surface area contributed by atoms with Crippen LogP contribution >= 0.6 is 0 Å². The minimum Gasteiger partial charge on any atom is -0.481 e. The first kappa shape index (κ1) is 14.5. The van der Waals surface area contributed by atoms with Gasteiger partial charge in [-0.25, -0.2) is 0 Å². The number of carbonyl (C=O) groups is 1. The van der Waals surface area contributed by atoms with E-state index in [2.05, 4.69) is 25.7 Å². The molecule has 1 fully saturated rings. The maximum atomic E-state index is 10.6. The molecule has 0 aromatic rings. The maximum Gasteiger partial charge on any atom is 0.304 e. The van der Waals surface area contributed by atoms with Crippen molar-refractivity contribution in [3.63, 3.8) is 0 Å². The third kappa shape index (κ3) is 4.28. The molecule has 1 heterocycles. The van der Waals surface area contributed by atoms with Gasteiger partial charge in [0.1, 0.15) is 0 Å². The van der Waals surface area contributed by atoms with E-state index in [0.29, 0.717) is 12.6 Å². The van der Waals surface area contributed by atoms with Crippen LogP contribution in [0.1, 0.15) is 46.5 Å². The van der Waals surface area contributed by atoms with E-state index in [1.165, 1.54) is 0 Å². The highest BCUT2D eigenvalue weighted by Gasteiger charge is 2.33. The Hall–Kier alpha value is -0.610. The molecule has 1 aliphatic rings. The Morgan fingerprint density at radius 3 is 2.76 bits per heavy atom. The van der Waals surface area contributed by atoms with Gasteiger partial charge in [0.25, 0.3) is 0 Å². The maximum absolute atomic E-state index is 10.6. The highest BCUT2D eigenvalue weighted by atomic mass is 16.5. The van der Waals surface area contributed by atoms with Crippen LogP contribution in [-0.2, 0) is 9.53 Å². The molecule has 1 rings (SSSR count). The molecule has 0 bridgehead atoms. The number of hydrogen-bond acceptors (Lipinski definition) is 3. The van der Waals surface area contributed by atoms with E-state index in [0.717, 1.165) is 32.4 Å². The quantitative estimate of drug-likeness (QED) is 0.776. The first-order valence-electron chi connectivity index (χ1n) is 6.60. The van der Waals surface area contributed by atoms with Gasteiger partial charge >= 0.3 is 5.97 Å². The predicted octanol–water partition coefficient (Wildman–Crippen LogP) is 2.13. The minimum absolute atomic E-state index is 0.0282. The van der Waals surface area contributed by atoms with Gasteiger partial charge in [-0.05, 0) is 32.7 Å². The monoisotopic (exact) mass is 243 g/mol. The highest BCUT2D eigenvalue weighted by Crippen LogP contribution is 2.30. The average molecular weight is 243 g/mol. The number of carboxylic acids is 1. The Balaban J connectivity index is 2.53. The van der Waals surface area contributed by atoms with Crippen LogP contribution in [0.15, 0.2) is 0 Å². The molecule has 2 unspecified atom stereocenters. The van der Waals surface area contributed by atoms with Gasteiger partial charge in [-0.15, -0.1) is 0 Å². The van der Waals surface area contributed by atoms with Crippen LogP contribution in [-0.4, -0.2) is 47.3 Å². The van der Waals surface area contributed by atoms with Gasteiger partial charge in [-0.2, -0.15) is 0 Å². The second-order valence-corrected chi connectivity index (χ2v) is 5.07. The zero-order chi connectivity index (χ0) is 12.9. The van der Waals surface area contributed by atoms with Crippen LogP contribution in [0.4, 0.5) is 0 Å². The number of aliphatic carboxylic acids is 1. The molecular formula is C13H25NO3. The summed E-state index contributed by atoms with van der Waals surface area (Å²) in [5.74, 6) is -0.714. The summed E-state index contributed by atoms with van der Waals surface area (Å²) < 4.78 is 5.82. The van der Waals surface area contributed by atoms with Crippen molar-refractivity contribution >= 4 is 5.97 Å². The van der Waals surface area contributed by atoms with Crippen LogP contribution in [0.2, 0.25) is 0 Å². The molecule has 4 heteroatoms. The van der Waals surface area contributed by atoms with E-state index in [4.69, 9.17) is 9.84 Å². The van der Waals surface area contributed by atoms with Crippen molar-refractivity contribution in [2.45, 2.75) is 58.1 Å². The lowest BCUT2D eigenvalue weighted by atomic mass is 9.89. The summed E-state index contributed by atoms with van der Waals surface area (Å²) in [5.41, 5.74) is -0.0282. The van der Waals surface area contributed by atoms with Gasteiger partial charge in [0.2, 0.25) is 0 Å². The smallest absolute Gasteiger partial charge is 0.304 e. The number of nitrogens with zero attached hydrogens (tertiary/aromatic N) is 1. The lowest BCUT2D eigenvalue weighted by Crippen LogP contribution is -2.47. The summed E-state index contributed by atoms with van der Waals surface area (Å²) >= 11 is 0. The zero-order valence-corrected chi connectivity index (χ0v) is 11.2. The van der Waals surface area contributed by atoms with Crippen LogP contribution in [0.25, 0.3) is 0 Å². The number of hydrogen-bond donors (Lipinski definition) is 1. The molecular weight excluding hydrogens is 218 g/mol. The summed E-state index contributed by atoms with van der Waals surface area (Å²) in [5, 5.41) is 8.75. The van der Waals surface area contributed by atoms with Crippen LogP contribution in [0.5, 0.6) is 0 Å². The second-order valence-electron chi connectivity index (χ2n) is 5.07. The van der Waals surface area contributed by atoms with E-state index < -0.39 is 5.97 Å². The fraction of sp³-hybridized carbons (Fsp3) is 0.923. The van der Waals surface area contributed by atoms with Crippen molar-refractivity contribution in [3.05, 3.63) is 0 Å². The third-order valence-corrected chi connectivity index (χ3v) is 3.85. The van der Waals surface area contributed by atoms with E-state index in [9.17, 15) is 4.79 Å². The molecule has 0 aromatic carbocycles. The summed E-state index contributed by atoms with van der Waals surface area (Å²) in [6, 6.07) is 0.470. The molecule has 0 amide bonds. The molecule has 2 atom stereocenters. The molecule has 100 valence electrons. The van der Waals surface area contributed by atoms with E-state index in [1.54, 1.807) is 0 Å². The van der Waals surface area contributed by atoms with Crippen molar-refractivity contribution in [2.75, 3.05) is 19.7 Å². The zero-order valence-electron chi connectivity index (χ0n) is 11.2. The van der Waals surface area contributed by atoms with Gasteiger partial charge in [-0.3, -0.25) is 9.69 Å². The Morgan fingerprint density at radius 1 is 1.53 bits per heavy atom. The lowest BCUT2D eigenvalue weighted by Gasteiger charge is -2.42. The van der Waals surface area contributed by atoms with Gasteiger partial charge in [0.15, 0.2) is 0 Å². The molecule has 1 N–H and O–H groups in total. The highest BCUT2D eigenvalue weighted by molar-refractivity contribution is 5.66. The van der Waals surface area contributed by atoms with Crippen molar-refractivity contribution in [3.8, 4) is 0 Å². The predicted molar refractivity (Wildman–Crippen MR) is 67.2 cm³/mol. The molecule has 0 aromatic heterocycles. The van der Waals surface area contributed by atoms with Crippen LogP contribution < -0.4 is 0 Å². The second kappa shape index (κ2) is 6.36. The minimum atomic E-state index is -0.714.